The number of nitrogens with one attached hydrogen (secondary N) is 2. The molecule has 0 aromatic carbocycles. The summed E-state index contributed by atoms with van der Waals surface area (Å²) in [5, 5.41) is 6.82. The molecule has 1 aliphatic heterocycles. The first-order valence-corrected chi connectivity index (χ1v) is 8.90. The van der Waals surface area contributed by atoms with Crippen LogP contribution in [0.15, 0.2) is 27.8 Å². The second-order valence-corrected chi connectivity index (χ2v) is 6.54. The molecule has 2 heterocycles. The number of hydrogen-bond donors (Lipinski definition) is 2. The van der Waals surface area contributed by atoms with Gasteiger partial charge in [-0.25, -0.2) is 0 Å². The van der Waals surface area contributed by atoms with Crippen LogP contribution in [0.5, 0.6) is 0 Å². The van der Waals surface area contributed by atoms with Crippen molar-refractivity contribution in [2.75, 3.05) is 26.2 Å². The predicted molar refractivity (Wildman–Crippen MR) is 109 cm³/mol. The molecule has 2 rings (SSSR count). The molecule has 138 valence electrons. The Hall–Kier alpha value is -0.760. The van der Waals surface area contributed by atoms with Crippen LogP contribution in [0.1, 0.15) is 45.3 Å². The Morgan fingerprint density at radius 1 is 1.29 bits per heavy atom. The molecule has 1 unspecified atom stereocenters. The van der Waals surface area contributed by atoms with Gasteiger partial charge in [-0.15, -0.1) is 24.0 Å². The molecule has 1 aliphatic rings. The molecule has 1 atom stereocenters. The zero-order valence-electron chi connectivity index (χ0n) is 14.9. The Labute approximate surface area is 163 Å². The second-order valence-electron chi connectivity index (χ2n) is 6.54. The highest BCUT2D eigenvalue weighted by Gasteiger charge is 2.13. The van der Waals surface area contributed by atoms with Gasteiger partial charge in [0.25, 0.3) is 0 Å². The van der Waals surface area contributed by atoms with E-state index in [1.807, 2.05) is 12.1 Å². The topological polar surface area (TPSA) is 58.8 Å². The maximum atomic E-state index is 5.76. The fourth-order valence-corrected chi connectivity index (χ4v) is 2.56. The first-order chi connectivity index (χ1) is 11.2. The van der Waals surface area contributed by atoms with Gasteiger partial charge in [-0.05, 0) is 43.7 Å². The van der Waals surface area contributed by atoms with Crippen molar-refractivity contribution in [1.82, 2.24) is 10.6 Å². The Bertz CT molecular complexity index is 443. The van der Waals surface area contributed by atoms with Gasteiger partial charge < -0.3 is 19.8 Å². The number of rotatable bonds is 8. The van der Waals surface area contributed by atoms with Crippen molar-refractivity contribution < 1.29 is 9.15 Å². The number of furan rings is 1. The van der Waals surface area contributed by atoms with Crippen molar-refractivity contribution >= 4 is 29.9 Å². The summed E-state index contributed by atoms with van der Waals surface area (Å²) in [4.78, 5) is 4.70. The molecule has 1 saturated heterocycles. The minimum Gasteiger partial charge on any atom is -0.469 e. The predicted octanol–water partition coefficient (Wildman–Crippen LogP) is 3.59. The maximum absolute atomic E-state index is 5.76. The summed E-state index contributed by atoms with van der Waals surface area (Å²) >= 11 is 0. The quantitative estimate of drug-likeness (QED) is 0.362. The highest BCUT2D eigenvalue weighted by Crippen LogP contribution is 2.12. The molecule has 0 radical (unpaired) electrons. The third kappa shape index (κ3) is 8.92. The van der Waals surface area contributed by atoms with Gasteiger partial charge in [-0.1, -0.05) is 13.8 Å². The average Bonchev–Trinajstić information content (AvgIpc) is 3.06. The maximum Gasteiger partial charge on any atom is 0.191 e. The monoisotopic (exact) mass is 449 g/mol. The van der Waals surface area contributed by atoms with Crippen LogP contribution in [0.3, 0.4) is 0 Å². The molecular formula is C18H32IN3O2. The third-order valence-electron chi connectivity index (χ3n) is 3.99. The largest absolute Gasteiger partial charge is 0.469 e. The standard InChI is InChI=1S/C18H31N3O2.HI/c1-15(2)8-10-19-18(20-11-9-16-7-5-13-22-16)21-14-17-6-3-4-12-23-17;/h5,7,13,15,17H,3-4,6,8-12,14H2,1-2H3,(H2,19,20,21);1H. The fourth-order valence-electron chi connectivity index (χ4n) is 2.56. The summed E-state index contributed by atoms with van der Waals surface area (Å²) in [7, 11) is 0. The van der Waals surface area contributed by atoms with E-state index in [0.29, 0.717) is 5.92 Å². The smallest absolute Gasteiger partial charge is 0.191 e. The second kappa shape index (κ2) is 12.6. The van der Waals surface area contributed by atoms with Gasteiger partial charge in [0.2, 0.25) is 0 Å². The lowest BCUT2D eigenvalue weighted by atomic mass is 10.1. The number of aliphatic imine (C=N–C) groups is 1. The summed E-state index contributed by atoms with van der Waals surface area (Å²) < 4.78 is 11.1. The molecule has 6 heteroatoms. The number of guanidine groups is 1. The molecule has 5 nitrogen and oxygen atoms in total. The van der Waals surface area contributed by atoms with Crippen molar-refractivity contribution in [1.29, 1.82) is 0 Å². The van der Waals surface area contributed by atoms with Gasteiger partial charge in [0.1, 0.15) is 5.76 Å². The van der Waals surface area contributed by atoms with Crippen LogP contribution in [0.4, 0.5) is 0 Å². The Morgan fingerprint density at radius 2 is 2.12 bits per heavy atom. The lowest BCUT2D eigenvalue weighted by Gasteiger charge is -2.21. The van der Waals surface area contributed by atoms with Crippen LogP contribution in [0.2, 0.25) is 0 Å². The van der Waals surface area contributed by atoms with E-state index in [-0.39, 0.29) is 30.1 Å². The minimum atomic E-state index is 0. The Morgan fingerprint density at radius 3 is 2.79 bits per heavy atom. The van der Waals surface area contributed by atoms with Gasteiger partial charge in [0, 0.05) is 26.1 Å². The first kappa shape index (κ1) is 21.3. The Balaban J connectivity index is 0.00000288. The molecule has 0 amide bonds. The molecule has 2 N–H and O–H groups in total. The van der Waals surface area contributed by atoms with Gasteiger partial charge >= 0.3 is 0 Å². The van der Waals surface area contributed by atoms with Crippen molar-refractivity contribution in [2.24, 2.45) is 10.9 Å². The molecular weight excluding hydrogens is 417 g/mol. The summed E-state index contributed by atoms with van der Waals surface area (Å²) in [6.07, 6.45) is 7.54. The average molecular weight is 449 g/mol. The van der Waals surface area contributed by atoms with Crippen molar-refractivity contribution in [3.05, 3.63) is 24.2 Å². The van der Waals surface area contributed by atoms with Gasteiger partial charge in [0.05, 0.1) is 18.9 Å². The normalized spacial score (nSPS) is 18.3. The molecule has 0 bridgehead atoms. The molecule has 0 saturated carbocycles. The molecule has 0 spiro atoms. The first-order valence-electron chi connectivity index (χ1n) is 8.90. The van der Waals surface area contributed by atoms with Crippen molar-refractivity contribution in [2.45, 2.75) is 52.1 Å². The van der Waals surface area contributed by atoms with Crippen LogP contribution < -0.4 is 10.6 Å². The number of ether oxygens (including phenoxy) is 1. The SMILES string of the molecule is CC(C)CCNC(=NCC1CCCCO1)NCCc1ccco1.I. The highest BCUT2D eigenvalue weighted by atomic mass is 127. The van der Waals surface area contributed by atoms with Crippen molar-refractivity contribution in [3.63, 3.8) is 0 Å². The van der Waals surface area contributed by atoms with E-state index in [1.54, 1.807) is 6.26 Å². The summed E-state index contributed by atoms with van der Waals surface area (Å²) in [5.74, 6) is 2.56. The van der Waals surface area contributed by atoms with Gasteiger partial charge in [0.15, 0.2) is 5.96 Å². The summed E-state index contributed by atoms with van der Waals surface area (Å²) in [6.45, 7) is 7.83. The van der Waals surface area contributed by atoms with E-state index in [2.05, 4.69) is 24.5 Å². The van der Waals surface area contributed by atoms with E-state index in [9.17, 15) is 0 Å². The molecule has 0 aliphatic carbocycles. The highest BCUT2D eigenvalue weighted by molar-refractivity contribution is 14.0. The molecule has 1 aromatic heterocycles. The molecule has 24 heavy (non-hydrogen) atoms. The van der Waals surface area contributed by atoms with E-state index in [4.69, 9.17) is 14.1 Å². The van der Waals surface area contributed by atoms with Gasteiger partial charge in [-0.2, -0.15) is 0 Å². The van der Waals surface area contributed by atoms with E-state index in [0.717, 1.165) is 57.2 Å². The van der Waals surface area contributed by atoms with Crippen LogP contribution in [-0.4, -0.2) is 38.3 Å². The van der Waals surface area contributed by atoms with Crippen molar-refractivity contribution in [3.8, 4) is 0 Å². The minimum absolute atomic E-state index is 0. The number of hydrogen-bond acceptors (Lipinski definition) is 3. The van der Waals surface area contributed by atoms with E-state index in [1.165, 1.54) is 12.8 Å². The lowest BCUT2D eigenvalue weighted by molar-refractivity contribution is 0.0224. The summed E-state index contributed by atoms with van der Waals surface area (Å²) in [6, 6.07) is 3.92. The van der Waals surface area contributed by atoms with Crippen LogP contribution in [-0.2, 0) is 11.2 Å². The third-order valence-corrected chi connectivity index (χ3v) is 3.99. The number of halogens is 1. The van der Waals surface area contributed by atoms with E-state index < -0.39 is 0 Å². The zero-order chi connectivity index (χ0) is 16.3. The van der Waals surface area contributed by atoms with Crippen LogP contribution in [0, 0.1) is 5.92 Å². The van der Waals surface area contributed by atoms with Gasteiger partial charge in [-0.3, -0.25) is 4.99 Å². The van der Waals surface area contributed by atoms with E-state index >= 15 is 0 Å². The molecule has 1 aromatic rings. The Kier molecular flexibility index (Phi) is 11.2. The van der Waals surface area contributed by atoms with Crippen LogP contribution in [0.25, 0.3) is 0 Å². The fraction of sp³-hybridized carbons (Fsp3) is 0.722. The number of nitrogens with zero attached hydrogens (tertiary/aromatic N) is 1. The van der Waals surface area contributed by atoms with Crippen LogP contribution >= 0.6 is 24.0 Å². The molecule has 1 fully saturated rings. The lowest BCUT2D eigenvalue weighted by Crippen LogP contribution is -2.40. The summed E-state index contributed by atoms with van der Waals surface area (Å²) in [5.41, 5.74) is 0. The zero-order valence-corrected chi connectivity index (χ0v) is 17.3.